The SMILES string of the molecule is COc1ccc(-c2noc(CC(=O)Nc3ccc4c(c3)OCO4)n2)cc1. The second-order valence-corrected chi connectivity index (χ2v) is 5.53. The summed E-state index contributed by atoms with van der Waals surface area (Å²) in [5, 5.41) is 6.67. The van der Waals surface area contributed by atoms with Crippen LogP contribution in [0.25, 0.3) is 11.4 Å². The fourth-order valence-electron chi connectivity index (χ4n) is 2.50. The van der Waals surface area contributed by atoms with Gasteiger partial charge in [0.05, 0.1) is 7.11 Å². The van der Waals surface area contributed by atoms with Crippen molar-refractivity contribution in [2.24, 2.45) is 0 Å². The molecule has 1 aromatic heterocycles. The van der Waals surface area contributed by atoms with Crippen LogP contribution in [-0.4, -0.2) is 30.0 Å². The molecule has 1 N–H and O–H groups in total. The lowest BCUT2D eigenvalue weighted by molar-refractivity contribution is -0.115. The van der Waals surface area contributed by atoms with Gasteiger partial charge in [-0.1, -0.05) is 5.16 Å². The molecule has 0 radical (unpaired) electrons. The number of anilines is 1. The second-order valence-electron chi connectivity index (χ2n) is 5.53. The van der Waals surface area contributed by atoms with Gasteiger partial charge in [0.25, 0.3) is 0 Å². The number of hydrogen-bond acceptors (Lipinski definition) is 7. The number of aromatic nitrogens is 2. The lowest BCUT2D eigenvalue weighted by atomic mass is 10.2. The van der Waals surface area contributed by atoms with Crippen LogP contribution in [0.5, 0.6) is 17.2 Å². The van der Waals surface area contributed by atoms with Crippen LogP contribution in [-0.2, 0) is 11.2 Å². The molecule has 0 fully saturated rings. The molecule has 132 valence electrons. The van der Waals surface area contributed by atoms with Crippen molar-refractivity contribution in [1.82, 2.24) is 10.1 Å². The number of amides is 1. The van der Waals surface area contributed by atoms with Crippen LogP contribution in [0.15, 0.2) is 47.0 Å². The zero-order chi connectivity index (χ0) is 17.9. The molecular weight excluding hydrogens is 338 g/mol. The van der Waals surface area contributed by atoms with E-state index in [-0.39, 0.29) is 25.0 Å². The maximum atomic E-state index is 12.2. The highest BCUT2D eigenvalue weighted by Crippen LogP contribution is 2.34. The topological polar surface area (TPSA) is 95.7 Å². The average Bonchev–Trinajstić information content (AvgIpc) is 3.30. The van der Waals surface area contributed by atoms with E-state index in [9.17, 15) is 4.79 Å². The number of hydrogen-bond donors (Lipinski definition) is 1. The molecule has 0 saturated heterocycles. The highest BCUT2D eigenvalue weighted by Gasteiger charge is 2.16. The molecule has 0 aliphatic carbocycles. The standard InChI is InChI=1S/C18H15N3O5/c1-23-13-5-2-11(3-6-13)18-20-17(26-21-18)9-16(22)19-12-4-7-14-15(8-12)25-10-24-14/h2-8H,9-10H2,1H3,(H,19,22). The number of rotatable bonds is 5. The van der Waals surface area contributed by atoms with Gasteiger partial charge in [-0.15, -0.1) is 0 Å². The number of fused-ring (bicyclic) bond motifs is 1. The summed E-state index contributed by atoms with van der Waals surface area (Å²) < 4.78 is 20.8. The van der Waals surface area contributed by atoms with E-state index < -0.39 is 0 Å². The third-order valence-corrected chi connectivity index (χ3v) is 3.78. The minimum atomic E-state index is -0.270. The second kappa shape index (κ2) is 6.75. The minimum Gasteiger partial charge on any atom is -0.497 e. The minimum absolute atomic E-state index is 0.0302. The predicted octanol–water partition coefficient (Wildman–Crippen LogP) is 2.66. The summed E-state index contributed by atoms with van der Waals surface area (Å²) >= 11 is 0. The molecule has 8 heteroatoms. The Labute approximate surface area is 148 Å². The van der Waals surface area contributed by atoms with Gasteiger partial charge in [-0.25, -0.2) is 0 Å². The molecule has 1 aliphatic rings. The van der Waals surface area contributed by atoms with Crippen molar-refractivity contribution in [3.63, 3.8) is 0 Å². The van der Waals surface area contributed by atoms with Crippen LogP contribution in [0.1, 0.15) is 5.89 Å². The Morgan fingerprint density at radius 3 is 2.77 bits per heavy atom. The molecule has 3 aromatic rings. The first-order valence-corrected chi connectivity index (χ1v) is 7.88. The van der Waals surface area contributed by atoms with Crippen molar-refractivity contribution in [2.45, 2.75) is 6.42 Å². The Morgan fingerprint density at radius 1 is 1.15 bits per heavy atom. The van der Waals surface area contributed by atoms with Crippen LogP contribution in [0.3, 0.4) is 0 Å². The summed E-state index contributed by atoms with van der Waals surface area (Å²) in [5.74, 6) is 2.37. The van der Waals surface area contributed by atoms with E-state index in [1.807, 2.05) is 12.1 Å². The van der Waals surface area contributed by atoms with E-state index >= 15 is 0 Å². The molecule has 0 unspecified atom stereocenters. The Kier molecular flexibility index (Phi) is 4.14. The number of ether oxygens (including phenoxy) is 3. The Balaban J connectivity index is 1.41. The van der Waals surface area contributed by atoms with Crippen LogP contribution in [0.2, 0.25) is 0 Å². The highest BCUT2D eigenvalue weighted by molar-refractivity contribution is 5.92. The molecular formula is C18H15N3O5. The van der Waals surface area contributed by atoms with Crippen molar-refractivity contribution < 1.29 is 23.5 Å². The summed E-state index contributed by atoms with van der Waals surface area (Å²) in [5.41, 5.74) is 1.38. The number of methoxy groups -OCH3 is 1. The van der Waals surface area contributed by atoms with Crippen LogP contribution < -0.4 is 19.5 Å². The molecule has 2 aromatic carbocycles. The molecule has 1 aliphatic heterocycles. The zero-order valence-corrected chi connectivity index (χ0v) is 13.9. The van der Waals surface area contributed by atoms with Gasteiger partial charge < -0.3 is 24.1 Å². The van der Waals surface area contributed by atoms with Gasteiger partial charge in [0, 0.05) is 17.3 Å². The van der Waals surface area contributed by atoms with E-state index in [2.05, 4.69) is 15.5 Å². The van der Waals surface area contributed by atoms with E-state index in [0.717, 1.165) is 11.3 Å². The third kappa shape index (κ3) is 3.30. The molecule has 26 heavy (non-hydrogen) atoms. The van der Waals surface area contributed by atoms with Crippen molar-refractivity contribution in [3.8, 4) is 28.6 Å². The monoisotopic (exact) mass is 353 g/mol. The molecule has 0 spiro atoms. The van der Waals surface area contributed by atoms with E-state index in [4.69, 9.17) is 18.7 Å². The largest absolute Gasteiger partial charge is 0.497 e. The summed E-state index contributed by atoms with van der Waals surface area (Å²) in [4.78, 5) is 16.4. The van der Waals surface area contributed by atoms with E-state index in [0.29, 0.717) is 23.0 Å². The fraction of sp³-hybridized carbons (Fsp3) is 0.167. The first-order chi connectivity index (χ1) is 12.7. The predicted molar refractivity (Wildman–Crippen MR) is 91.2 cm³/mol. The lowest BCUT2D eigenvalue weighted by Gasteiger charge is -2.04. The maximum absolute atomic E-state index is 12.2. The Bertz CT molecular complexity index is 936. The summed E-state index contributed by atoms with van der Waals surface area (Å²) in [6.45, 7) is 0.183. The lowest BCUT2D eigenvalue weighted by Crippen LogP contribution is -2.14. The smallest absolute Gasteiger partial charge is 0.236 e. The number of carbonyl (C=O) groups is 1. The summed E-state index contributed by atoms with van der Waals surface area (Å²) in [7, 11) is 1.60. The van der Waals surface area contributed by atoms with Crippen molar-refractivity contribution in [1.29, 1.82) is 0 Å². The number of carbonyl (C=O) groups excluding carboxylic acids is 1. The molecule has 0 saturated carbocycles. The third-order valence-electron chi connectivity index (χ3n) is 3.78. The fourth-order valence-corrected chi connectivity index (χ4v) is 2.50. The maximum Gasteiger partial charge on any atom is 0.236 e. The summed E-state index contributed by atoms with van der Waals surface area (Å²) in [6.07, 6.45) is -0.0302. The van der Waals surface area contributed by atoms with Gasteiger partial charge in [0.15, 0.2) is 11.5 Å². The van der Waals surface area contributed by atoms with E-state index in [1.165, 1.54) is 0 Å². The Morgan fingerprint density at radius 2 is 1.96 bits per heavy atom. The number of nitrogens with one attached hydrogen (secondary N) is 1. The van der Waals surface area contributed by atoms with Gasteiger partial charge >= 0.3 is 0 Å². The number of nitrogens with zero attached hydrogens (tertiary/aromatic N) is 2. The first-order valence-electron chi connectivity index (χ1n) is 7.88. The molecule has 2 heterocycles. The van der Waals surface area contributed by atoms with Gasteiger partial charge in [-0.05, 0) is 36.4 Å². The van der Waals surface area contributed by atoms with E-state index in [1.54, 1.807) is 37.4 Å². The van der Waals surface area contributed by atoms with Gasteiger partial charge in [0.1, 0.15) is 12.2 Å². The average molecular weight is 353 g/mol. The van der Waals surface area contributed by atoms with Gasteiger partial charge in [-0.2, -0.15) is 4.98 Å². The van der Waals surface area contributed by atoms with Gasteiger partial charge in [-0.3, -0.25) is 4.79 Å². The quantitative estimate of drug-likeness (QED) is 0.753. The molecule has 0 bridgehead atoms. The van der Waals surface area contributed by atoms with Crippen molar-refractivity contribution in [2.75, 3.05) is 19.2 Å². The van der Waals surface area contributed by atoms with Crippen LogP contribution >= 0.6 is 0 Å². The number of benzene rings is 2. The van der Waals surface area contributed by atoms with Crippen LogP contribution in [0.4, 0.5) is 5.69 Å². The van der Waals surface area contributed by atoms with Crippen molar-refractivity contribution >= 4 is 11.6 Å². The molecule has 0 atom stereocenters. The van der Waals surface area contributed by atoms with Crippen LogP contribution in [0, 0.1) is 0 Å². The zero-order valence-electron chi connectivity index (χ0n) is 13.9. The first kappa shape index (κ1) is 15.9. The summed E-state index contributed by atoms with van der Waals surface area (Å²) in [6, 6.07) is 12.4. The van der Waals surface area contributed by atoms with Crippen molar-refractivity contribution in [3.05, 3.63) is 48.4 Å². The molecule has 1 amide bonds. The Hall–Kier alpha value is -3.55. The normalized spacial score (nSPS) is 12.0. The van der Waals surface area contributed by atoms with Gasteiger partial charge in [0.2, 0.25) is 24.4 Å². The molecule has 4 rings (SSSR count). The highest BCUT2D eigenvalue weighted by atomic mass is 16.7. The molecule has 8 nitrogen and oxygen atoms in total.